The summed E-state index contributed by atoms with van der Waals surface area (Å²) in [6.45, 7) is -2.73. The van der Waals surface area contributed by atoms with Crippen LogP contribution in [0.25, 0.3) is 0 Å². The van der Waals surface area contributed by atoms with Gasteiger partial charge in [-0.3, -0.25) is 0 Å². The number of ether oxygens (including phenoxy) is 1. The van der Waals surface area contributed by atoms with E-state index in [-0.39, 0.29) is 19.6 Å². The molecule has 2 aliphatic carbocycles. The molecule has 27 heavy (non-hydrogen) atoms. The van der Waals surface area contributed by atoms with Gasteiger partial charge < -0.3 is 20.5 Å². The Morgan fingerprint density at radius 2 is 1.96 bits per heavy atom. The number of nitriles is 1. The zero-order valence-electron chi connectivity index (χ0n) is 15.1. The van der Waals surface area contributed by atoms with E-state index in [1.165, 1.54) is 6.20 Å². The third-order valence-electron chi connectivity index (χ3n) is 5.20. The van der Waals surface area contributed by atoms with Crippen LogP contribution >= 0.6 is 0 Å². The Morgan fingerprint density at radius 1 is 1.19 bits per heavy atom. The number of aliphatic hydroxyl groups is 1. The lowest BCUT2D eigenvalue weighted by Crippen LogP contribution is -2.32. The molecule has 1 heterocycles. The number of halogens is 2. The van der Waals surface area contributed by atoms with Gasteiger partial charge in [0.1, 0.15) is 17.5 Å². The second-order valence-electron chi connectivity index (χ2n) is 7.24. The first kappa shape index (κ1) is 19.7. The summed E-state index contributed by atoms with van der Waals surface area (Å²) >= 11 is 0. The number of alkyl halides is 2. The molecular formula is C18H27F2N5O2. The Labute approximate surface area is 158 Å². The van der Waals surface area contributed by atoms with E-state index >= 15 is 0 Å². The first-order valence-electron chi connectivity index (χ1n) is 9.45. The van der Waals surface area contributed by atoms with Crippen molar-refractivity contribution in [3.63, 3.8) is 0 Å². The lowest BCUT2D eigenvalue weighted by molar-refractivity contribution is -0.169. The van der Waals surface area contributed by atoms with Gasteiger partial charge in [-0.1, -0.05) is 0 Å². The molecule has 0 radical (unpaired) electrons. The number of anilines is 2. The maximum atomic E-state index is 12.3. The number of hydrogen-bond acceptors (Lipinski definition) is 7. The highest BCUT2D eigenvalue weighted by atomic mass is 19.3. The molecule has 150 valence electrons. The maximum Gasteiger partial charge on any atom is 0.345 e. The number of rotatable bonds is 6. The molecule has 3 rings (SSSR count). The molecule has 2 aliphatic rings. The largest absolute Gasteiger partial charge is 0.393 e. The van der Waals surface area contributed by atoms with E-state index < -0.39 is 12.7 Å². The molecule has 0 saturated heterocycles. The summed E-state index contributed by atoms with van der Waals surface area (Å²) in [5, 5.41) is 25.6. The van der Waals surface area contributed by atoms with Gasteiger partial charge in [-0.2, -0.15) is 19.0 Å². The smallest absolute Gasteiger partial charge is 0.345 e. The van der Waals surface area contributed by atoms with E-state index in [9.17, 15) is 19.1 Å². The van der Waals surface area contributed by atoms with E-state index in [0.717, 1.165) is 19.3 Å². The average Bonchev–Trinajstić information content (AvgIpc) is 2.63. The van der Waals surface area contributed by atoms with Crippen LogP contribution in [0.2, 0.25) is 0 Å². The number of nitrogens with zero attached hydrogens (tertiary/aromatic N) is 3. The van der Waals surface area contributed by atoms with Crippen molar-refractivity contribution in [2.75, 3.05) is 10.6 Å². The van der Waals surface area contributed by atoms with Crippen LogP contribution in [-0.2, 0) is 4.74 Å². The molecule has 0 amide bonds. The Balaban J connectivity index is 0.00000280. The Morgan fingerprint density at radius 3 is 2.63 bits per heavy atom. The second-order valence-corrected chi connectivity index (χ2v) is 7.24. The fourth-order valence-electron chi connectivity index (χ4n) is 3.80. The van der Waals surface area contributed by atoms with Gasteiger partial charge in [0.15, 0.2) is 0 Å². The van der Waals surface area contributed by atoms with Gasteiger partial charge in [0, 0.05) is 13.5 Å². The first-order chi connectivity index (χ1) is 13.0. The predicted octanol–water partition coefficient (Wildman–Crippen LogP) is 3.27. The fraction of sp³-hybridized carbons (Fsp3) is 0.722. The van der Waals surface area contributed by atoms with Crippen molar-refractivity contribution < 1.29 is 20.1 Å². The molecule has 1 aromatic heterocycles. The highest BCUT2D eigenvalue weighted by molar-refractivity contribution is 5.54. The van der Waals surface area contributed by atoms with Crippen molar-refractivity contribution >= 4 is 11.8 Å². The summed E-state index contributed by atoms with van der Waals surface area (Å²) in [4.78, 5) is 8.63. The normalized spacial score (nSPS) is 28.6. The number of hydrogen-bond donors (Lipinski definition) is 3. The molecule has 2 fully saturated rings. The highest BCUT2D eigenvalue weighted by Gasteiger charge is 2.25. The van der Waals surface area contributed by atoms with Crippen molar-refractivity contribution in [3.8, 4) is 6.07 Å². The van der Waals surface area contributed by atoms with Gasteiger partial charge in [-0.15, -0.1) is 0 Å². The molecule has 2 atom stereocenters. The molecule has 0 unspecified atom stereocenters. The van der Waals surface area contributed by atoms with Crippen molar-refractivity contribution in [2.45, 2.75) is 82.3 Å². The average molecular weight is 383 g/mol. The van der Waals surface area contributed by atoms with E-state index in [1.54, 1.807) is 0 Å². The Bertz CT molecular complexity index is 668. The number of aliphatic hydroxyl groups excluding tert-OH is 1. The fourth-order valence-corrected chi connectivity index (χ4v) is 3.80. The van der Waals surface area contributed by atoms with E-state index in [1.807, 2.05) is 0 Å². The minimum Gasteiger partial charge on any atom is -0.393 e. The number of aromatic nitrogens is 2. The topological polar surface area (TPSA) is 103 Å². The van der Waals surface area contributed by atoms with Crippen molar-refractivity contribution in [2.24, 2.45) is 0 Å². The van der Waals surface area contributed by atoms with Gasteiger partial charge in [0.2, 0.25) is 5.95 Å². The summed E-state index contributed by atoms with van der Waals surface area (Å²) in [5.74, 6) is 0.870. The summed E-state index contributed by atoms with van der Waals surface area (Å²) in [6.07, 6.45) is 6.53. The highest BCUT2D eigenvalue weighted by Crippen LogP contribution is 2.26. The lowest BCUT2D eigenvalue weighted by Gasteiger charge is -2.29. The first-order valence-corrected chi connectivity index (χ1v) is 9.45. The van der Waals surface area contributed by atoms with Gasteiger partial charge in [0.25, 0.3) is 0 Å². The summed E-state index contributed by atoms with van der Waals surface area (Å²) in [7, 11) is 0. The SMILES string of the molecule is N#Cc1cnc(NC2CCC(OC(F)F)CC2)nc1N[C@@H]1CCC[C@H](O)C1.[HH]. The predicted molar refractivity (Wildman–Crippen MR) is 97.5 cm³/mol. The van der Waals surface area contributed by atoms with Gasteiger partial charge in [-0.25, -0.2) is 4.98 Å². The van der Waals surface area contributed by atoms with Crippen LogP contribution in [0, 0.1) is 11.3 Å². The summed E-state index contributed by atoms with van der Waals surface area (Å²) < 4.78 is 29.2. The van der Waals surface area contributed by atoms with E-state index in [0.29, 0.717) is 49.4 Å². The molecule has 3 N–H and O–H groups in total. The van der Waals surface area contributed by atoms with Crippen LogP contribution in [0.1, 0.15) is 58.4 Å². The molecule has 0 aromatic carbocycles. The van der Waals surface area contributed by atoms with Gasteiger partial charge in [-0.05, 0) is 51.4 Å². The van der Waals surface area contributed by atoms with E-state index in [4.69, 9.17) is 0 Å². The molecule has 0 bridgehead atoms. The molecule has 0 spiro atoms. The van der Waals surface area contributed by atoms with Crippen LogP contribution in [0.3, 0.4) is 0 Å². The zero-order chi connectivity index (χ0) is 19.2. The van der Waals surface area contributed by atoms with Crippen LogP contribution in [-0.4, -0.2) is 46.0 Å². The second kappa shape index (κ2) is 9.24. The van der Waals surface area contributed by atoms with E-state index in [2.05, 4.69) is 31.4 Å². The summed E-state index contributed by atoms with van der Waals surface area (Å²) in [5.41, 5.74) is 0.356. The minimum absolute atomic E-state index is 0. The van der Waals surface area contributed by atoms with Crippen LogP contribution in [0.15, 0.2) is 6.20 Å². The maximum absolute atomic E-state index is 12.3. The third kappa shape index (κ3) is 5.71. The van der Waals surface area contributed by atoms with Crippen molar-refractivity contribution in [1.29, 1.82) is 5.26 Å². The summed E-state index contributed by atoms with van der Waals surface area (Å²) in [6, 6.07) is 2.24. The Hall–Kier alpha value is -2.05. The van der Waals surface area contributed by atoms with Gasteiger partial charge >= 0.3 is 6.61 Å². The van der Waals surface area contributed by atoms with Crippen molar-refractivity contribution in [1.82, 2.24) is 9.97 Å². The van der Waals surface area contributed by atoms with Crippen LogP contribution < -0.4 is 10.6 Å². The van der Waals surface area contributed by atoms with Crippen molar-refractivity contribution in [3.05, 3.63) is 11.8 Å². The Kier molecular flexibility index (Phi) is 6.74. The van der Waals surface area contributed by atoms with Gasteiger partial charge in [0.05, 0.1) is 18.4 Å². The molecular weight excluding hydrogens is 356 g/mol. The lowest BCUT2D eigenvalue weighted by atomic mass is 9.93. The quantitative estimate of drug-likeness (QED) is 0.693. The molecule has 2 saturated carbocycles. The van der Waals surface area contributed by atoms with Crippen LogP contribution in [0.5, 0.6) is 0 Å². The standard InChI is InChI=1S/C18H25F2N5O2.H2/c19-17(20)27-15-6-4-12(5-7-15)24-18-22-10-11(9-21)16(25-18)23-13-2-1-3-14(26)8-13;/h10,12-15,17,26H,1-8H2,(H2,22,23,24,25);1H/t12?,13-,14+,15?;/m1./s1. The molecule has 7 nitrogen and oxygen atoms in total. The van der Waals surface area contributed by atoms with Crippen LogP contribution in [0.4, 0.5) is 20.5 Å². The number of nitrogens with one attached hydrogen (secondary N) is 2. The monoisotopic (exact) mass is 383 g/mol. The minimum atomic E-state index is -2.73. The molecule has 9 heteroatoms. The third-order valence-corrected chi connectivity index (χ3v) is 5.20. The molecule has 1 aromatic rings. The molecule has 0 aliphatic heterocycles. The zero-order valence-corrected chi connectivity index (χ0v) is 15.1.